The van der Waals surface area contributed by atoms with Crippen LogP contribution in [0.15, 0.2) is 36.4 Å². The average Bonchev–Trinajstić information content (AvgIpc) is 2.70. The maximum Gasteiger partial charge on any atom is 0.243 e. The molecule has 2 heterocycles. The Bertz CT molecular complexity index is 851. The molecule has 7 nitrogen and oxygen atoms in total. The van der Waals surface area contributed by atoms with E-state index in [-0.39, 0.29) is 17.8 Å². The van der Waals surface area contributed by atoms with Crippen LogP contribution in [0, 0.1) is 5.92 Å². The van der Waals surface area contributed by atoms with Crippen LogP contribution in [-0.4, -0.2) is 46.9 Å². The van der Waals surface area contributed by atoms with E-state index >= 15 is 0 Å². The third kappa shape index (κ3) is 4.86. The topological polar surface area (TPSA) is 96.4 Å². The summed E-state index contributed by atoms with van der Waals surface area (Å²) in [5.74, 6) is 0.752. The number of hydrogen-bond acceptors (Lipinski definition) is 6. The fraction of sp³-hybridized carbons (Fsp3) is 0.381. The van der Waals surface area contributed by atoms with Gasteiger partial charge in [0.25, 0.3) is 0 Å². The van der Waals surface area contributed by atoms with Gasteiger partial charge in [-0.3, -0.25) is 4.79 Å². The Kier molecular flexibility index (Phi) is 6.26. The van der Waals surface area contributed by atoms with Gasteiger partial charge in [-0.2, -0.15) is 0 Å². The molecule has 1 fully saturated rings. The normalized spacial score (nSPS) is 22.2. The van der Waals surface area contributed by atoms with Crippen molar-refractivity contribution in [3.05, 3.63) is 42.0 Å². The van der Waals surface area contributed by atoms with Crippen LogP contribution in [0.1, 0.15) is 25.8 Å². The standard InChI is InChI=1S/C21H26N4O3/c1-13-12-23-14(2)10-19(13)28-21-9-7-17(24-25-21)16-6-4-15(11-18(16)26)5-8-20(27)22-3/h4-9,11,13-14,19,23,26H,10,12H2,1-3H3,(H,22,27)/b8-5+/t13?,14?,19-/m1/s1. The van der Waals surface area contributed by atoms with E-state index in [9.17, 15) is 9.90 Å². The van der Waals surface area contributed by atoms with Gasteiger partial charge in [-0.15, -0.1) is 10.2 Å². The first-order valence-corrected chi connectivity index (χ1v) is 9.43. The van der Waals surface area contributed by atoms with E-state index in [2.05, 4.69) is 34.7 Å². The monoisotopic (exact) mass is 382 g/mol. The highest BCUT2D eigenvalue weighted by Crippen LogP contribution is 2.29. The van der Waals surface area contributed by atoms with E-state index < -0.39 is 0 Å². The molecule has 0 aliphatic carbocycles. The van der Waals surface area contributed by atoms with E-state index in [1.165, 1.54) is 6.08 Å². The molecule has 148 valence electrons. The molecule has 1 amide bonds. The van der Waals surface area contributed by atoms with Crippen molar-refractivity contribution in [2.45, 2.75) is 32.4 Å². The number of benzene rings is 1. The molecule has 28 heavy (non-hydrogen) atoms. The molecule has 2 aromatic rings. The molecule has 3 N–H and O–H groups in total. The second-order valence-electron chi connectivity index (χ2n) is 7.16. The first-order chi connectivity index (χ1) is 13.5. The van der Waals surface area contributed by atoms with Crippen molar-refractivity contribution in [2.75, 3.05) is 13.6 Å². The summed E-state index contributed by atoms with van der Waals surface area (Å²) < 4.78 is 6.02. The van der Waals surface area contributed by atoms with E-state index in [1.54, 1.807) is 43.5 Å². The number of aromatic nitrogens is 2. The quantitative estimate of drug-likeness (QED) is 0.687. The summed E-state index contributed by atoms with van der Waals surface area (Å²) in [6.45, 7) is 5.22. The number of aromatic hydroxyl groups is 1. The Labute approximate surface area is 164 Å². The number of hydrogen-bond donors (Lipinski definition) is 3. The van der Waals surface area contributed by atoms with Gasteiger partial charge >= 0.3 is 0 Å². The maximum atomic E-state index is 11.3. The molecule has 0 bridgehead atoms. The zero-order valence-electron chi connectivity index (χ0n) is 16.3. The molecule has 1 aromatic heterocycles. The van der Waals surface area contributed by atoms with Crippen molar-refractivity contribution in [3.8, 4) is 22.9 Å². The molecule has 3 rings (SSSR count). The van der Waals surface area contributed by atoms with Crippen LogP contribution in [0.25, 0.3) is 17.3 Å². The predicted octanol–water partition coefficient (Wildman–Crippen LogP) is 2.37. The predicted molar refractivity (Wildman–Crippen MR) is 108 cm³/mol. The molecule has 7 heteroatoms. The fourth-order valence-electron chi connectivity index (χ4n) is 3.15. The number of carbonyl (C=O) groups excluding carboxylic acids is 1. The third-order valence-electron chi connectivity index (χ3n) is 4.89. The number of nitrogens with one attached hydrogen (secondary N) is 2. The molecule has 3 atom stereocenters. The summed E-state index contributed by atoms with van der Waals surface area (Å²) in [5, 5.41) is 24.6. The molecule has 1 aliphatic heterocycles. The average molecular weight is 382 g/mol. The molecule has 1 aliphatic rings. The summed E-state index contributed by atoms with van der Waals surface area (Å²) in [4.78, 5) is 11.3. The van der Waals surface area contributed by atoms with Crippen molar-refractivity contribution in [3.63, 3.8) is 0 Å². The highest BCUT2D eigenvalue weighted by atomic mass is 16.5. The second kappa shape index (κ2) is 8.84. The molecular weight excluding hydrogens is 356 g/mol. The van der Waals surface area contributed by atoms with Crippen molar-refractivity contribution in [1.82, 2.24) is 20.8 Å². The van der Waals surface area contributed by atoms with Crippen LogP contribution in [0.3, 0.4) is 0 Å². The summed E-state index contributed by atoms with van der Waals surface area (Å²) in [7, 11) is 1.56. The van der Waals surface area contributed by atoms with Gasteiger partial charge in [-0.25, -0.2) is 0 Å². The number of nitrogens with zero attached hydrogens (tertiary/aromatic N) is 2. The lowest BCUT2D eigenvalue weighted by atomic mass is 9.94. The molecule has 2 unspecified atom stereocenters. The molecule has 0 saturated carbocycles. The van der Waals surface area contributed by atoms with Crippen molar-refractivity contribution < 1.29 is 14.6 Å². The number of likely N-dealkylation sites (N-methyl/N-ethyl adjacent to an activating group) is 1. The van der Waals surface area contributed by atoms with Crippen LogP contribution in [0.5, 0.6) is 11.6 Å². The van der Waals surface area contributed by atoms with Gasteiger partial charge in [-0.05, 0) is 43.2 Å². The van der Waals surface area contributed by atoms with E-state index in [1.807, 2.05) is 0 Å². The number of piperidine rings is 1. The van der Waals surface area contributed by atoms with Gasteiger partial charge in [0.1, 0.15) is 11.9 Å². The number of amides is 1. The minimum absolute atomic E-state index is 0.0721. The first kappa shape index (κ1) is 19.8. The Hall–Kier alpha value is -2.93. The first-order valence-electron chi connectivity index (χ1n) is 9.43. The van der Waals surface area contributed by atoms with Crippen molar-refractivity contribution >= 4 is 12.0 Å². The SMILES string of the molecule is CNC(=O)/C=C/c1ccc(-c2ccc(O[C@@H]3CC(C)NCC3C)nn2)c(O)c1. The largest absolute Gasteiger partial charge is 0.507 e. The van der Waals surface area contributed by atoms with E-state index in [0.717, 1.165) is 13.0 Å². The van der Waals surface area contributed by atoms with Crippen molar-refractivity contribution in [1.29, 1.82) is 0 Å². The second-order valence-corrected chi connectivity index (χ2v) is 7.16. The highest BCUT2D eigenvalue weighted by molar-refractivity contribution is 5.91. The third-order valence-corrected chi connectivity index (χ3v) is 4.89. The van der Waals surface area contributed by atoms with Crippen LogP contribution in [0.2, 0.25) is 0 Å². The Balaban J connectivity index is 1.71. The smallest absolute Gasteiger partial charge is 0.243 e. The lowest BCUT2D eigenvalue weighted by Crippen LogP contribution is -2.46. The fourth-order valence-corrected chi connectivity index (χ4v) is 3.15. The molecule has 0 spiro atoms. The zero-order valence-corrected chi connectivity index (χ0v) is 16.3. The molecule has 0 radical (unpaired) electrons. The molecular formula is C21H26N4O3. The highest BCUT2D eigenvalue weighted by Gasteiger charge is 2.27. The molecule has 1 aromatic carbocycles. The van der Waals surface area contributed by atoms with Gasteiger partial charge in [0, 0.05) is 43.3 Å². The summed E-state index contributed by atoms with van der Waals surface area (Å²) in [5.41, 5.74) is 1.84. The zero-order chi connectivity index (χ0) is 20.1. The lowest BCUT2D eigenvalue weighted by molar-refractivity contribution is -0.115. The Morgan fingerprint density at radius 3 is 2.79 bits per heavy atom. The van der Waals surface area contributed by atoms with Crippen LogP contribution < -0.4 is 15.4 Å². The summed E-state index contributed by atoms with van der Waals surface area (Å²) in [6, 6.07) is 9.12. The summed E-state index contributed by atoms with van der Waals surface area (Å²) in [6.07, 6.45) is 4.07. The number of phenols is 1. The van der Waals surface area contributed by atoms with Gasteiger partial charge in [0.15, 0.2) is 0 Å². The van der Waals surface area contributed by atoms with Gasteiger partial charge in [0.2, 0.25) is 11.8 Å². The van der Waals surface area contributed by atoms with Crippen LogP contribution in [0.4, 0.5) is 0 Å². The lowest BCUT2D eigenvalue weighted by Gasteiger charge is -2.33. The maximum absolute atomic E-state index is 11.3. The molecule has 1 saturated heterocycles. The number of rotatable bonds is 5. The Morgan fingerprint density at radius 1 is 1.29 bits per heavy atom. The van der Waals surface area contributed by atoms with Crippen LogP contribution in [-0.2, 0) is 4.79 Å². The van der Waals surface area contributed by atoms with Crippen LogP contribution >= 0.6 is 0 Å². The number of ether oxygens (including phenoxy) is 1. The number of carbonyl (C=O) groups is 1. The summed E-state index contributed by atoms with van der Waals surface area (Å²) >= 11 is 0. The van der Waals surface area contributed by atoms with E-state index in [0.29, 0.717) is 34.7 Å². The van der Waals surface area contributed by atoms with E-state index in [4.69, 9.17) is 4.74 Å². The van der Waals surface area contributed by atoms with Crippen molar-refractivity contribution in [2.24, 2.45) is 5.92 Å². The minimum atomic E-state index is -0.206. The number of phenolic OH excluding ortho intramolecular Hbond substituents is 1. The minimum Gasteiger partial charge on any atom is -0.507 e. The van der Waals surface area contributed by atoms with Gasteiger partial charge < -0.3 is 20.5 Å². The van der Waals surface area contributed by atoms with Gasteiger partial charge in [-0.1, -0.05) is 13.0 Å². The Morgan fingerprint density at radius 2 is 2.11 bits per heavy atom. The van der Waals surface area contributed by atoms with Gasteiger partial charge in [0.05, 0.1) is 5.69 Å².